The van der Waals surface area contributed by atoms with E-state index in [-0.39, 0.29) is 6.07 Å². The Labute approximate surface area is 96.0 Å². The van der Waals surface area contributed by atoms with Gasteiger partial charge >= 0.3 is 12.3 Å². The summed E-state index contributed by atoms with van der Waals surface area (Å²) in [7, 11) is 0. The largest absolute Gasteiger partial charge is 0.573 e. The molecule has 18 heavy (non-hydrogen) atoms. The van der Waals surface area contributed by atoms with Crippen LogP contribution in [-0.2, 0) is 0 Å². The minimum Gasteiger partial charge on any atom is -0.477 e. The maximum atomic E-state index is 12.3. The van der Waals surface area contributed by atoms with Crippen molar-refractivity contribution in [3.05, 3.63) is 17.3 Å². The summed E-state index contributed by atoms with van der Waals surface area (Å²) in [6.45, 7) is 0. The van der Waals surface area contributed by atoms with Crippen molar-refractivity contribution in [1.82, 2.24) is 4.98 Å². The number of carboxylic acid groups (broad SMARTS) is 1. The number of hydrogen-bond acceptors (Lipinski definition) is 4. The molecule has 3 N–H and O–H groups in total. The maximum absolute atomic E-state index is 12.3. The maximum Gasteiger partial charge on any atom is 0.573 e. The molecule has 5 nitrogen and oxygen atoms in total. The zero-order chi connectivity index (χ0) is 14.1. The molecule has 0 radical (unpaired) electrons. The van der Waals surface area contributed by atoms with Crippen LogP contribution in [0.15, 0.2) is 6.07 Å². The number of nitrogen functional groups attached to an aromatic ring is 1. The smallest absolute Gasteiger partial charge is 0.477 e. The van der Waals surface area contributed by atoms with Gasteiger partial charge in [-0.3, -0.25) is 0 Å². The zero-order valence-electron chi connectivity index (χ0n) is 8.33. The van der Waals surface area contributed by atoms with Crippen molar-refractivity contribution < 1.29 is 36.6 Å². The lowest BCUT2D eigenvalue weighted by atomic mass is 10.2. The number of carbonyl (C=O) groups is 1. The number of anilines is 1. The summed E-state index contributed by atoms with van der Waals surface area (Å²) in [6.07, 6.45) is -8.46. The molecule has 100 valence electrons. The number of aromatic nitrogens is 1. The van der Waals surface area contributed by atoms with Gasteiger partial charge in [-0.1, -0.05) is 0 Å². The number of aromatic carboxylic acids is 1. The average molecular weight is 272 g/mol. The van der Waals surface area contributed by atoms with Crippen LogP contribution in [0.3, 0.4) is 0 Å². The Morgan fingerprint density at radius 1 is 1.44 bits per heavy atom. The molecular formula is C8H5F5N2O3. The number of carboxylic acids is 1. The van der Waals surface area contributed by atoms with Crippen molar-refractivity contribution in [2.75, 3.05) is 5.73 Å². The fourth-order valence-electron chi connectivity index (χ4n) is 1.09. The highest BCUT2D eigenvalue weighted by atomic mass is 19.4. The second-order valence-corrected chi connectivity index (χ2v) is 2.96. The van der Waals surface area contributed by atoms with Crippen molar-refractivity contribution in [2.24, 2.45) is 0 Å². The third kappa shape index (κ3) is 3.18. The predicted molar refractivity (Wildman–Crippen MR) is 47.2 cm³/mol. The van der Waals surface area contributed by atoms with Crippen LogP contribution in [0.4, 0.5) is 27.8 Å². The van der Waals surface area contributed by atoms with E-state index in [4.69, 9.17) is 10.8 Å². The summed E-state index contributed by atoms with van der Waals surface area (Å²) in [4.78, 5) is 13.6. The minimum absolute atomic E-state index is 0.179. The van der Waals surface area contributed by atoms with E-state index < -0.39 is 41.6 Å². The Hall–Kier alpha value is -2.13. The number of pyridine rings is 1. The second kappa shape index (κ2) is 4.63. The Kier molecular flexibility index (Phi) is 3.58. The fourth-order valence-corrected chi connectivity index (χ4v) is 1.09. The molecule has 0 aliphatic heterocycles. The highest BCUT2D eigenvalue weighted by molar-refractivity contribution is 5.95. The van der Waals surface area contributed by atoms with E-state index in [2.05, 4.69) is 9.72 Å². The number of nitrogens with zero attached hydrogens (tertiary/aromatic N) is 1. The first-order chi connectivity index (χ1) is 8.11. The van der Waals surface area contributed by atoms with Crippen molar-refractivity contribution in [3.63, 3.8) is 0 Å². The second-order valence-electron chi connectivity index (χ2n) is 2.96. The van der Waals surface area contributed by atoms with Crippen LogP contribution in [0.5, 0.6) is 5.75 Å². The van der Waals surface area contributed by atoms with Crippen LogP contribution >= 0.6 is 0 Å². The number of rotatable bonds is 3. The van der Waals surface area contributed by atoms with Gasteiger partial charge in [-0.2, -0.15) is 0 Å². The Morgan fingerprint density at radius 2 is 2.00 bits per heavy atom. The van der Waals surface area contributed by atoms with E-state index in [0.717, 1.165) is 0 Å². The highest BCUT2D eigenvalue weighted by Crippen LogP contribution is 2.32. The van der Waals surface area contributed by atoms with Crippen LogP contribution < -0.4 is 10.5 Å². The molecule has 1 rings (SSSR count). The molecule has 0 spiro atoms. The first-order valence-corrected chi connectivity index (χ1v) is 4.19. The Bertz CT molecular complexity index is 475. The van der Waals surface area contributed by atoms with Crippen molar-refractivity contribution >= 4 is 11.8 Å². The van der Waals surface area contributed by atoms with E-state index in [0.29, 0.717) is 0 Å². The molecule has 0 amide bonds. The average Bonchev–Trinajstić information content (AvgIpc) is 2.12. The van der Waals surface area contributed by atoms with Gasteiger partial charge in [0.2, 0.25) is 0 Å². The lowest BCUT2D eigenvalue weighted by molar-refractivity contribution is -0.274. The van der Waals surface area contributed by atoms with Gasteiger partial charge in [-0.25, -0.2) is 18.6 Å². The monoisotopic (exact) mass is 272 g/mol. The fraction of sp³-hybridized carbons (Fsp3) is 0.250. The van der Waals surface area contributed by atoms with Crippen LogP contribution in [0, 0.1) is 0 Å². The molecular weight excluding hydrogens is 267 g/mol. The van der Waals surface area contributed by atoms with E-state index in [9.17, 15) is 26.7 Å². The number of nitrogens with two attached hydrogens (primary N) is 1. The summed E-state index contributed by atoms with van der Waals surface area (Å²) < 4.78 is 63.9. The summed E-state index contributed by atoms with van der Waals surface area (Å²) in [6, 6.07) is 0.179. The number of hydrogen-bond donors (Lipinski definition) is 2. The van der Waals surface area contributed by atoms with Crippen molar-refractivity contribution in [2.45, 2.75) is 12.8 Å². The predicted octanol–water partition coefficient (Wildman–Crippen LogP) is 2.20. The third-order valence-electron chi connectivity index (χ3n) is 1.69. The first kappa shape index (κ1) is 13.9. The van der Waals surface area contributed by atoms with Gasteiger partial charge in [0.15, 0.2) is 0 Å². The number of ether oxygens (including phenoxy) is 1. The van der Waals surface area contributed by atoms with Gasteiger partial charge in [-0.05, 0) is 0 Å². The molecule has 0 aliphatic carbocycles. The first-order valence-electron chi connectivity index (χ1n) is 4.19. The molecule has 0 bridgehead atoms. The molecule has 0 saturated heterocycles. The highest BCUT2D eigenvalue weighted by Gasteiger charge is 2.34. The standard InChI is InChI=1S/C8H5F5N2O3/c9-5(10)2-1-3(18-8(11,12)13)4(7(16)17)6(14)15-2/h1,5H,(H2,14,15)(H,16,17). The Morgan fingerprint density at radius 3 is 2.39 bits per heavy atom. The normalized spacial score (nSPS) is 11.7. The van der Waals surface area contributed by atoms with Crippen LogP contribution in [0.1, 0.15) is 22.5 Å². The summed E-state index contributed by atoms with van der Waals surface area (Å²) in [5.74, 6) is -4.20. The van der Waals surface area contributed by atoms with E-state index in [1.165, 1.54) is 0 Å². The van der Waals surface area contributed by atoms with Crippen LogP contribution in [0.25, 0.3) is 0 Å². The SMILES string of the molecule is Nc1nc(C(F)F)cc(OC(F)(F)F)c1C(=O)O. The zero-order valence-corrected chi connectivity index (χ0v) is 8.33. The molecule has 1 aromatic heterocycles. The lowest BCUT2D eigenvalue weighted by Gasteiger charge is -2.13. The van der Waals surface area contributed by atoms with Gasteiger partial charge in [0, 0.05) is 6.07 Å². The third-order valence-corrected chi connectivity index (χ3v) is 1.69. The van der Waals surface area contributed by atoms with Gasteiger partial charge in [0.05, 0.1) is 0 Å². The molecule has 0 atom stereocenters. The molecule has 0 saturated carbocycles. The molecule has 0 aliphatic rings. The lowest BCUT2D eigenvalue weighted by Crippen LogP contribution is -2.20. The van der Waals surface area contributed by atoms with Crippen molar-refractivity contribution in [3.8, 4) is 5.75 Å². The quantitative estimate of drug-likeness (QED) is 0.824. The van der Waals surface area contributed by atoms with E-state index in [1.54, 1.807) is 0 Å². The summed E-state index contributed by atoms with van der Waals surface area (Å²) in [5, 5.41) is 8.62. The number of alkyl halides is 5. The van der Waals surface area contributed by atoms with Crippen LogP contribution in [-0.4, -0.2) is 22.4 Å². The molecule has 1 aromatic rings. The summed E-state index contributed by atoms with van der Waals surface area (Å²) >= 11 is 0. The minimum atomic E-state index is -5.24. The van der Waals surface area contributed by atoms with Gasteiger partial charge in [-0.15, -0.1) is 13.2 Å². The molecule has 1 heterocycles. The Balaban J connectivity index is 3.38. The van der Waals surface area contributed by atoms with Gasteiger partial charge < -0.3 is 15.6 Å². The molecule has 10 heteroatoms. The van der Waals surface area contributed by atoms with Crippen molar-refractivity contribution in [1.29, 1.82) is 0 Å². The molecule has 0 fully saturated rings. The van der Waals surface area contributed by atoms with E-state index >= 15 is 0 Å². The van der Waals surface area contributed by atoms with Gasteiger partial charge in [0.25, 0.3) is 6.43 Å². The number of halogens is 5. The van der Waals surface area contributed by atoms with Gasteiger partial charge in [0.1, 0.15) is 22.8 Å². The topological polar surface area (TPSA) is 85.4 Å². The summed E-state index contributed by atoms with van der Waals surface area (Å²) in [5.41, 5.74) is 2.76. The van der Waals surface area contributed by atoms with Crippen LogP contribution in [0.2, 0.25) is 0 Å². The molecule has 0 aromatic carbocycles. The molecule has 0 unspecified atom stereocenters. The van der Waals surface area contributed by atoms with E-state index in [1.807, 2.05) is 0 Å².